The monoisotopic (exact) mass is 332 g/mol. The predicted molar refractivity (Wildman–Crippen MR) is 82.4 cm³/mol. The van der Waals surface area contributed by atoms with Crippen LogP contribution in [0.15, 0.2) is 0 Å². The van der Waals surface area contributed by atoms with Crippen molar-refractivity contribution in [3.05, 3.63) is 0 Å². The number of hydrogen-bond donors (Lipinski definition) is 1. The fourth-order valence-electron chi connectivity index (χ4n) is 2.61. The first-order chi connectivity index (χ1) is 8.86. The molecule has 110 valence electrons. The van der Waals surface area contributed by atoms with Gasteiger partial charge in [-0.3, -0.25) is 5.43 Å². The third kappa shape index (κ3) is 3.53. The first-order valence-corrected chi connectivity index (χ1v) is 8.38. The molecule has 0 bridgehead atoms. The molecule has 2 aliphatic heterocycles. The summed E-state index contributed by atoms with van der Waals surface area (Å²) in [6.45, 7) is 11.6. The van der Waals surface area contributed by atoms with Gasteiger partial charge in [0.15, 0.2) is 0 Å². The van der Waals surface area contributed by atoms with Crippen LogP contribution in [0.2, 0.25) is 5.82 Å². The number of halogens is 1. The van der Waals surface area contributed by atoms with E-state index in [0.29, 0.717) is 5.82 Å². The highest BCUT2D eigenvalue weighted by molar-refractivity contribution is 9.09. The minimum Gasteiger partial charge on any atom is -0.403 e. The van der Waals surface area contributed by atoms with E-state index < -0.39 is 0 Å². The summed E-state index contributed by atoms with van der Waals surface area (Å²) in [6, 6.07) is 0. The highest BCUT2D eigenvalue weighted by Crippen LogP contribution is 2.42. The van der Waals surface area contributed by atoms with Crippen molar-refractivity contribution in [2.75, 3.05) is 25.0 Å². The number of alkyl halides is 1. The van der Waals surface area contributed by atoms with Crippen LogP contribution in [-0.2, 0) is 9.31 Å². The van der Waals surface area contributed by atoms with Crippen molar-refractivity contribution in [1.82, 2.24) is 10.4 Å². The summed E-state index contributed by atoms with van der Waals surface area (Å²) in [5, 5.41) is 3.30. The summed E-state index contributed by atoms with van der Waals surface area (Å²) in [7, 11) is -0.0386. The first-order valence-electron chi connectivity index (χ1n) is 7.26. The number of hydrogen-bond acceptors (Lipinski definition) is 4. The Bertz CT molecular complexity index is 291. The van der Waals surface area contributed by atoms with Crippen LogP contribution in [-0.4, -0.2) is 48.3 Å². The van der Waals surface area contributed by atoms with Crippen molar-refractivity contribution in [2.45, 2.75) is 57.6 Å². The quantitative estimate of drug-likeness (QED) is 0.633. The number of nitrogens with zero attached hydrogens (tertiary/aromatic N) is 1. The van der Waals surface area contributed by atoms with E-state index in [-0.39, 0.29) is 18.3 Å². The third-order valence-corrected chi connectivity index (χ3v) is 5.02. The third-order valence-electron chi connectivity index (χ3n) is 4.63. The zero-order valence-corrected chi connectivity index (χ0v) is 14.1. The molecule has 2 aliphatic rings. The molecular formula is C13H26BBrN2O2. The molecule has 2 heterocycles. The zero-order chi connectivity index (χ0) is 14.1. The van der Waals surface area contributed by atoms with Gasteiger partial charge in [-0.05, 0) is 46.4 Å². The van der Waals surface area contributed by atoms with E-state index in [1.165, 1.54) is 0 Å². The second-order valence-electron chi connectivity index (χ2n) is 6.55. The lowest BCUT2D eigenvalue weighted by Crippen LogP contribution is -2.45. The fourth-order valence-corrected chi connectivity index (χ4v) is 2.79. The minimum atomic E-state index is -0.205. The lowest BCUT2D eigenvalue weighted by molar-refractivity contribution is 0.00578. The van der Waals surface area contributed by atoms with Crippen molar-refractivity contribution in [3.63, 3.8) is 0 Å². The molecule has 4 nitrogen and oxygen atoms in total. The molecule has 0 radical (unpaired) electrons. The summed E-state index contributed by atoms with van der Waals surface area (Å²) in [4.78, 5) is 0. The molecule has 0 spiro atoms. The maximum absolute atomic E-state index is 6.15. The van der Waals surface area contributed by atoms with Gasteiger partial charge in [0, 0.05) is 25.0 Å². The SMILES string of the molecule is CC1(C)OB(C2CCN(NCCBr)CC2)OC1(C)C. The van der Waals surface area contributed by atoms with E-state index in [2.05, 4.69) is 54.1 Å². The highest BCUT2D eigenvalue weighted by Gasteiger charge is 2.53. The molecule has 0 saturated carbocycles. The van der Waals surface area contributed by atoms with Gasteiger partial charge < -0.3 is 9.31 Å². The van der Waals surface area contributed by atoms with Crippen molar-refractivity contribution in [1.29, 1.82) is 0 Å². The molecular weight excluding hydrogens is 307 g/mol. The molecule has 2 rings (SSSR count). The maximum Gasteiger partial charge on any atom is 0.461 e. The molecule has 0 aromatic carbocycles. The smallest absolute Gasteiger partial charge is 0.403 e. The number of piperidine rings is 1. The van der Waals surface area contributed by atoms with Crippen molar-refractivity contribution < 1.29 is 9.31 Å². The van der Waals surface area contributed by atoms with Crippen LogP contribution < -0.4 is 5.43 Å². The number of rotatable bonds is 4. The van der Waals surface area contributed by atoms with Crippen LogP contribution in [0.25, 0.3) is 0 Å². The van der Waals surface area contributed by atoms with E-state index >= 15 is 0 Å². The van der Waals surface area contributed by atoms with E-state index in [0.717, 1.165) is 37.8 Å². The highest BCUT2D eigenvalue weighted by atomic mass is 79.9. The van der Waals surface area contributed by atoms with Gasteiger partial charge in [0.05, 0.1) is 11.2 Å². The summed E-state index contributed by atoms with van der Waals surface area (Å²) in [6.07, 6.45) is 2.26. The van der Waals surface area contributed by atoms with Gasteiger partial charge >= 0.3 is 7.12 Å². The Morgan fingerprint density at radius 1 is 1.16 bits per heavy atom. The molecule has 0 aromatic rings. The molecule has 2 saturated heterocycles. The standard InChI is InChI=1S/C13H26BBrN2O2/c1-12(2)13(3,4)19-14(18-12)11-5-9-17(10-6-11)16-8-7-15/h11,16H,5-10H2,1-4H3. The Kier molecular flexibility index (Phi) is 4.99. The fraction of sp³-hybridized carbons (Fsp3) is 1.00. The van der Waals surface area contributed by atoms with Crippen LogP contribution in [0.4, 0.5) is 0 Å². The Labute approximate surface area is 125 Å². The predicted octanol–water partition coefficient (Wildman–Crippen LogP) is 2.44. The molecule has 6 heteroatoms. The van der Waals surface area contributed by atoms with Gasteiger partial charge in [0.2, 0.25) is 0 Å². The van der Waals surface area contributed by atoms with Gasteiger partial charge in [-0.25, -0.2) is 5.01 Å². The Morgan fingerprint density at radius 3 is 2.16 bits per heavy atom. The summed E-state index contributed by atoms with van der Waals surface area (Å²) < 4.78 is 12.3. The molecule has 2 fully saturated rings. The normalized spacial score (nSPS) is 27.9. The average Bonchev–Trinajstić information content (AvgIpc) is 2.56. The van der Waals surface area contributed by atoms with Gasteiger partial charge in [0.25, 0.3) is 0 Å². The number of nitrogens with one attached hydrogen (secondary N) is 1. The lowest BCUT2D eigenvalue weighted by Gasteiger charge is -2.32. The molecule has 0 aromatic heterocycles. The van der Waals surface area contributed by atoms with E-state index in [1.54, 1.807) is 0 Å². The summed E-state index contributed by atoms with van der Waals surface area (Å²) >= 11 is 3.44. The van der Waals surface area contributed by atoms with Gasteiger partial charge in [0.1, 0.15) is 0 Å². The summed E-state index contributed by atoms with van der Waals surface area (Å²) in [5.74, 6) is 0.517. The average molecular weight is 333 g/mol. The van der Waals surface area contributed by atoms with Crippen molar-refractivity contribution in [2.24, 2.45) is 0 Å². The maximum atomic E-state index is 6.15. The molecule has 1 N–H and O–H groups in total. The van der Waals surface area contributed by atoms with Gasteiger partial charge in [-0.15, -0.1) is 0 Å². The van der Waals surface area contributed by atoms with Crippen LogP contribution >= 0.6 is 15.9 Å². The Morgan fingerprint density at radius 2 is 1.68 bits per heavy atom. The minimum absolute atomic E-state index is 0.0386. The van der Waals surface area contributed by atoms with E-state index in [4.69, 9.17) is 9.31 Å². The largest absolute Gasteiger partial charge is 0.461 e. The first kappa shape index (κ1) is 15.8. The van der Waals surface area contributed by atoms with Crippen molar-refractivity contribution >= 4 is 23.0 Å². The van der Waals surface area contributed by atoms with E-state index in [1.807, 2.05) is 0 Å². The van der Waals surface area contributed by atoms with Crippen molar-refractivity contribution in [3.8, 4) is 0 Å². The summed E-state index contributed by atoms with van der Waals surface area (Å²) in [5.41, 5.74) is 3.01. The molecule has 0 amide bonds. The lowest BCUT2D eigenvalue weighted by atomic mass is 9.67. The molecule has 0 atom stereocenters. The number of hydrazine groups is 1. The zero-order valence-electron chi connectivity index (χ0n) is 12.5. The topological polar surface area (TPSA) is 33.7 Å². The Balaban J connectivity index is 1.83. The van der Waals surface area contributed by atoms with Gasteiger partial charge in [-0.2, -0.15) is 0 Å². The van der Waals surface area contributed by atoms with Crippen LogP contribution in [0.1, 0.15) is 40.5 Å². The molecule has 19 heavy (non-hydrogen) atoms. The van der Waals surface area contributed by atoms with Crippen LogP contribution in [0.5, 0.6) is 0 Å². The van der Waals surface area contributed by atoms with Crippen LogP contribution in [0, 0.1) is 0 Å². The second-order valence-corrected chi connectivity index (χ2v) is 7.34. The molecule has 0 aliphatic carbocycles. The van der Waals surface area contributed by atoms with Gasteiger partial charge in [-0.1, -0.05) is 15.9 Å². The second kappa shape index (κ2) is 6.02. The van der Waals surface area contributed by atoms with Crippen LogP contribution in [0.3, 0.4) is 0 Å². The molecule has 0 unspecified atom stereocenters. The van der Waals surface area contributed by atoms with E-state index in [9.17, 15) is 0 Å². The Hall–Kier alpha value is 0.385.